The third-order valence-corrected chi connectivity index (χ3v) is 4.03. The molecule has 3 nitrogen and oxygen atoms in total. The Balaban J connectivity index is 2.32. The fourth-order valence-electron chi connectivity index (χ4n) is 3.01. The van der Waals surface area contributed by atoms with Crippen LogP contribution in [0, 0.1) is 17.8 Å². The van der Waals surface area contributed by atoms with Gasteiger partial charge in [-0.1, -0.05) is 26.7 Å². The van der Waals surface area contributed by atoms with Gasteiger partial charge >= 0.3 is 0 Å². The summed E-state index contributed by atoms with van der Waals surface area (Å²) in [5.74, 6) is 1.98. The van der Waals surface area contributed by atoms with E-state index in [1.54, 1.807) is 0 Å². The predicted octanol–water partition coefficient (Wildman–Crippen LogP) is 2.65. The van der Waals surface area contributed by atoms with Gasteiger partial charge in [0.25, 0.3) is 0 Å². The molecule has 0 saturated heterocycles. The molecule has 1 atom stereocenters. The number of carbonyl (C=O) groups excluding carboxylic acids is 1. The molecule has 1 aliphatic rings. The zero-order valence-electron chi connectivity index (χ0n) is 12.3. The Hall–Kier alpha value is -0.570. The summed E-state index contributed by atoms with van der Waals surface area (Å²) in [7, 11) is 1.95. The van der Waals surface area contributed by atoms with E-state index in [9.17, 15) is 4.79 Å². The van der Waals surface area contributed by atoms with Crippen LogP contribution < -0.4 is 5.73 Å². The van der Waals surface area contributed by atoms with Crippen molar-refractivity contribution >= 4 is 5.91 Å². The van der Waals surface area contributed by atoms with Gasteiger partial charge in [0.1, 0.15) is 0 Å². The molecule has 0 radical (unpaired) electrons. The van der Waals surface area contributed by atoms with Crippen molar-refractivity contribution in [3.8, 4) is 0 Å². The van der Waals surface area contributed by atoms with Crippen molar-refractivity contribution in [3.63, 3.8) is 0 Å². The largest absolute Gasteiger partial charge is 0.345 e. The molecule has 0 aliphatic heterocycles. The molecule has 0 heterocycles. The molecule has 1 amide bonds. The smallest absolute Gasteiger partial charge is 0.222 e. The highest BCUT2D eigenvalue weighted by Gasteiger charge is 2.21. The summed E-state index contributed by atoms with van der Waals surface area (Å²) in [6.07, 6.45) is 6.95. The maximum atomic E-state index is 12.2. The molecule has 106 valence electrons. The highest BCUT2D eigenvalue weighted by Crippen LogP contribution is 2.25. The molecule has 0 aromatic carbocycles. The highest BCUT2D eigenvalue weighted by molar-refractivity contribution is 5.76. The van der Waals surface area contributed by atoms with E-state index in [0.717, 1.165) is 18.9 Å². The number of nitrogens with zero attached hydrogens (tertiary/aromatic N) is 1. The molecule has 1 rings (SSSR count). The monoisotopic (exact) mass is 254 g/mol. The average Bonchev–Trinajstić information content (AvgIpc) is 2.80. The first-order valence-corrected chi connectivity index (χ1v) is 7.47. The summed E-state index contributed by atoms with van der Waals surface area (Å²) < 4.78 is 0. The second-order valence-corrected chi connectivity index (χ2v) is 6.36. The van der Waals surface area contributed by atoms with Gasteiger partial charge in [-0.3, -0.25) is 4.79 Å². The van der Waals surface area contributed by atoms with Crippen LogP contribution in [0.1, 0.15) is 52.4 Å². The van der Waals surface area contributed by atoms with Crippen LogP contribution in [-0.2, 0) is 4.79 Å². The van der Waals surface area contributed by atoms with Crippen molar-refractivity contribution < 1.29 is 4.79 Å². The van der Waals surface area contributed by atoms with Crippen LogP contribution in [0.25, 0.3) is 0 Å². The van der Waals surface area contributed by atoms with Gasteiger partial charge in [0.15, 0.2) is 0 Å². The van der Waals surface area contributed by atoms with Crippen LogP contribution in [0.3, 0.4) is 0 Å². The van der Waals surface area contributed by atoms with E-state index in [1.807, 2.05) is 11.9 Å². The van der Waals surface area contributed by atoms with Crippen molar-refractivity contribution in [2.24, 2.45) is 23.5 Å². The average molecular weight is 254 g/mol. The molecule has 0 aromatic rings. The van der Waals surface area contributed by atoms with Gasteiger partial charge in [0.05, 0.1) is 0 Å². The summed E-state index contributed by atoms with van der Waals surface area (Å²) in [6.45, 7) is 5.95. The molecule has 1 fully saturated rings. The Morgan fingerprint density at radius 3 is 2.44 bits per heavy atom. The first kappa shape index (κ1) is 15.5. The van der Waals surface area contributed by atoms with E-state index < -0.39 is 0 Å². The SMILES string of the molecule is CC(C)CC(CN)CC(=O)N(C)CC1CCCC1. The van der Waals surface area contributed by atoms with Crippen LogP contribution >= 0.6 is 0 Å². The molecule has 0 bridgehead atoms. The lowest BCUT2D eigenvalue weighted by atomic mass is 9.93. The number of carbonyl (C=O) groups is 1. The topological polar surface area (TPSA) is 46.3 Å². The Morgan fingerprint density at radius 1 is 1.33 bits per heavy atom. The standard InChI is InChI=1S/C15H30N2O/c1-12(2)8-14(10-16)9-15(18)17(3)11-13-6-4-5-7-13/h12-14H,4-11,16H2,1-3H3. The number of amides is 1. The molecule has 2 N–H and O–H groups in total. The first-order valence-electron chi connectivity index (χ1n) is 7.47. The number of hydrogen-bond acceptors (Lipinski definition) is 2. The molecule has 18 heavy (non-hydrogen) atoms. The van der Waals surface area contributed by atoms with E-state index in [2.05, 4.69) is 13.8 Å². The summed E-state index contributed by atoms with van der Waals surface area (Å²) in [4.78, 5) is 14.1. The zero-order valence-corrected chi connectivity index (χ0v) is 12.3. The van der Waals surface area contributed by atoms with E-state index in [-0.39, 0.29) is 5.91 Å². The lowest BCUT2D eigenvalue weighted by Gasteiger charge is -2.24. The van der Waals surface area contributed by atoms with Crippen molar-refractivity contribution in [3.05, 3.63) is 0 Å². The second-order valence-electron chi connectivity index (χ2n) is 6.36. The van der Waals surface area contributed by atoms with Crippen molar-refractivity contribution in [1.29, 1.82) is 0 Å². The molecular weight excluding hydrogens is 224 g/mol. The molecule has 0 spiro atoms. The minimum atomic E-state index is 0.276. The highest BCUT2D eigenvalue weighted by atomic mass is 16.2. The van der Waals surface area contributed by atoms with Crippen LogP contribution in [-0.4, -0.2) is 30.9 Å². The Kier molecular flexibility index (Phi) is 6.69. The van der Waals surface area contributed by atoms with Gasteiger partial charge in [-0.05, 0) is 43.6 Å². The van der Waals surface area contributed by atoms with Gasteiger partial charge in [0.2, 0.25) is 5.91 Å². The Bertz CT molecular complexity index is 247. The van der Waals surface area contributed by atoms with Crippen LogP contribution in [0.2, 0.25) is 0 Å². The van der Waals surface area contributed by atoms with Gasteiger partial charge in [-0.15, -0.1) is 0 Å². The quantitative estimate of drug-likeness (QED) is 0.759. The zero-order chi connectivity index (χ0) is 13.5. The Labute approximate surface area is 112 Å². The molecule has 1 aliphatic carbocycles. The van der Waals surface area contributed by atoms with Crippen LogP contribution in [0.4, 0.5) is 0 Å². The third-order valence-electron chi connectivity index (χ3n) is 4.03. The van der Waals surface area contributed by atoms with E-state index in [4.69, 9.17) is 5.73 Å². The third kappa shape index (κ3) is 5.38. The predicted molar refractivity (Wildman–Crippen MR) is 76.2 cm³/mol. The summed E-state index contributed by atoms with van der Waals surface area (Å²) in [6, 6.07) is 0. The second kappa shape index (κ2) is 7.78. The fourth-order valence-corrected chi connectivity index (χ4v) is 3.01. The lowest BCUT2D eigenvalue weighted by molar-refractivity contribution is -0.131. The minimum Gasteiger partial charge on any atom is -0.345 e. The molecule has 3 heteroatoms. The van der Waals surface area contributed by atoms with Crippen molar-refractivity contribution in [2.45, 2.75) is 52.4 Å². The first-order chi connectivity index (χ1) is 8.52. The number of nitrogens with two attached hydrogens (primary N) is 1. The van der Waals surface area contributed by atoms with Gasteiger partial charge in [0, 0.05) is 20.0 Å². The molecule has 1 unspecified atom stereocenters. The van der Waals surface area contributed by atoms with Crippen LogP contribution in [0.5, 0.6) is 0 Å². The maximum Gasteiger partial charge on any atom is 0.222 e. The normalized spacial score (nSPS) is 18.3. The minimum absolute atomic E-state index is 0.276. The number of hydrogen-bond donors (Lipinski definition) is 1. The molecule has 0 aromatic heterocycles. The van der Waals surface area contributed by atoms with Crippen LogP contribution in [0.15, 0.2) is 0 Å². The Morgan fingerprint density at radius 2 is 1.94 bits per heavy atom. The number of rotatable bonds is 7. The lowest BCUT2D eigenvalue weighted by Crippen LogP contribution is -2.33. The van der Waals surface area contributed by atoms with E-state index >= 15 is 0 Å². The van der Waals surface area contributed by atoms with Crippen molar-refractivity contribution in [2.75, 3.05) is 20.1 Å². The van der Waals surface area contributed by atoms with Gasteiger partial charge in [-0.2, -0.15) is 0 Å². The van der Waals surface area contributed by atoms with E-state index in [1.165, 1.54) is 25.7 Å². The van der Waals surface area contributed by atoms with E-state index in [0.29, 0.717) is 24.8 Å². The van der Waals surface area contributed by atoms with Crippen molar-refractivity contribution in [1.82, 2.24) is 4.90 Å². The van der Waals surface area contributed by atoms with Gasteiger partial charge in [-0.25, -0.2) is 0 Å². The van der Waals surface area contributed by atoms with Gasteiger partial charge < -0.3 is 10.6 Å². The molecular formula is C15H30N2O. The summed E-state index contributed by atoms with van der Waals surface area (Å²) >= 11 is 0. The molecule has 1 saturated carbocycles. The summed E-state index contributed by atoms with van der Waals surface area (Å²) in [5, 5.41) is 0. The fraction of sp³-hybridized carbons (Fsp3) is 0.933. The summed E-state index contributed by atoms with van der Waals surface area (Å²) in [5.41, 5.74) is 5.76. The maximum absolute atomic E-state index is 12.2.